The van der Waals surface area contributed by atoms with Gasteiger partial charge in [0.25, 0.3) is 0 Å². The number of nitrogens with zero attached hydrogens (tertiary/aromatic N) is 1. The van der Waals surface area contributed by atoms with Crippen LogP contribution in [0, 0.1) is 6.07 Å². The first kappa shape index (κ1) is 11.5. The van der Waals surface area contributed by atoms with E-state index in [1.54, 1.807) is 0 Å². The minimum absolute atomic E-state index is 0.219. The van der Waals surface area contributed by atoms with Gasteiger partial charge in [-0.2, -0.15) is 18.3 Å². The smallest absolute Gasteiger partial charge is 0.356 e. The molecule has 7 heteroatoms. The van der Waals surface area contributed by atoms with Crippen molar-refractivity contribution in [2.24, 2.45) is 0 Å². The van der Waals surface area contributed by atoms with Crippen molar-refractivity contribution in [2.45, 2.75) is 19.5 Å². The molecule has 1 heterocycles. The number of nitrogens with one attached hydrogen (secondary N) is 2. The fourth-order valence-corrected chi connectivity index (χ4v) is 0.938. The maximum atomic E-state index is 12.1. The van der Waals surface area contributed by atoms with Crippen LogP contribution in [0.5, 0.6) is 0 Å². The Morgan fingerprint density at radius 1 is 1.60 bits per heavy atom. The third-order valence-corrected chi connectivity index (χ3v) is 1.59. The molecule has 0 spiro atoms. The summed E-state index contributed by atoms with van der Waals surface area (Å²) in [6, 6.07) is 2.08. The van der Waals surface area contributed by atoms with E-state index < -0.39 is 11.9 Å². The molecule has 0 aliphatic rings. The van der Waals surface area contributed by atoms with Crippen molar-refractivity contribution in [3.8, 4) is 0 Å². The topological polar surface area (TPSA) is 57.8 Å². The molecule has 1 aromatic heterocycles. The second kappa shape index (κ2) is 4.33. The predicted molar refractivity (Wildman–Crippen MR) is 44.8 cm³/mol. The van der Waals surface area contributed by atoms with E-state index in [0.717, 1.165) is 0 Å². The number of aromatic nitrogens is 2. The van der Waals surface area contributed by atoms with Crippen LogP contribution in [0.3, 0.4) is 0 Å². The molecule has 0 aliphatic carbocycles. The van der Waals surface area contributed by atoms with Crippen molar-refractivity contribution in [1.29, 1.82) is 0 Å². The highest BCUT2D eigenvalue weighted by molar-refractivity contribution is 5.72. The van der Waals surface area contributed by atoms with E-state index in [0.29, 0.717) is 0 Å². The second-order valence-corrected chi connectivity index (χ2v) is 2.91. The SMILES string of the molecule is CC(=O)NCCc1[c]c(C(F)(F)F)n[nH]1. The molecule has 1 aromatic rings. The van der Waals surface area contributed by atoms with Gasteiger partial charge in [-0.15, -0.1) is 0 Å². The Balaban J connectivity index is 2.50. The minimum atomic E-state index is -4.48. The Morgan fingerprint density at radius 2 is 2.27 bits per heavy atom. The Hall–Kier alpha value is -1.53. The molecule has 1 amide bonds. The lowest BCUT2D eigenvalue weighted by molar-refractivity contribution is -0.141. The number of carbonyl (C=O) groups excluding carboxylic acids is 1. The van der Waals surface area contributed by atoms with Crippen LogP contribution in [-0.4, -0.2) is 22.6 Å². The lowest BCUT2D eigenvalue weighted by atomic mass is 10.3. The van der Waals surface area contributed by atoms with E-state index in [9.17, 15) is 18.0 Å². The van der Waals surface area contributed by atoms with Crippen LogP contribution in [0.4, 0.5) is 13.2 Å². The molecule has 15 heavy (non-hydrogen) atoms. The van der Waals surface area contributed by atoms with Crippen molar-refractivity contribution in [1.82, 2.24) is 15.5 Å². The van der Waals surface area contributed by atoms with E-state index in [4.69, 9.17) is 0 Å². The molecule has 0 aliphatic heterocycles. The molecular weight excluding hydrogens is 211 g/mol. The quantitative estimate of drug-likeness (QED) is 0.795. The summed E-state index contributed by atoms with van der Waals surface area (Å²) in [5, 5.41) is 7.73. The van der Waals surface area contributed by atoms with E-state index in [1.165, 1.54) is 6.92 Å². The number of rotatable bonds is 3. The van der Waals surface area contributed by atoms with E-state index >= 15 is 0 Å². The number of amides is 1. The van der Waals surface area contributed by atoms with Crippen molar-refractivity contribution in [2.75, 3.05) is 6.54 Å². The Kier molecular flexibility index (Phi) is 3.33. The molecule has 0 saturated carbocycles. The zero-order valence-electron chi connectivity index (χ0n) is 7.90. The fourth-order valence-electron chi connectivity index (χ4n) is 0.938. The summed E-state index contributed by atoms with van der Waals surface area (Å²) in [5.41, 5.74) is -0.851. The van der Waals surface area contributed by atoms with Gasteiger partial charge in [0, 0.05) is 31.6 Å². The van der Waals surface area contributed by atoms with Crippen molar-refractivity contribution in [3.63, 3.8) is 0 Å². The number of hydrogen-bond donors (Lipinski definition) is 2. The van der Waals surface area contributed by atoms with Gasteiger partial charge in [0.15, 0.2) is 5.69 Å². The highest BCUT2D eigenvalue weighted by Gasteiger charge is 2.34. The monoisotopic (exact) mass is 220 g/mol. The molecule has 4 nitrogen and oxygen atoms in total. The molecule has 1 rings (SSSR count). The van der Waals surface area contributed by atoms with Crippen LogP contribution in [0.2, 0.25) is 0 Å². The molecule has 2 N–H and O–H groups in total. The molecule has 0 fully saturated rings. The van der Waals surface area contributed by atoms with Crippen LogP contribution in [0.1, 0.15) is 18.3 Å². The zero-order valence-corrected chi connectivity index (χ0v) is 7.90. The van der Waals surface area contributed by atoms with Gasteiger partial charge in [0.2, 0.25) is 5.91 Å². The average molecular weight is 220 g/mol. The number of H-pyrrole nitrogens is 1. The largest absolute Gasteiger partial charge is 0.435 e. The maximum absolute atomic E-state index is 12.1. The zero-order chi connectivity index (χ0) is 11.5. The summed E-state index contributed by atoms with van der Waals surface area (Å²) < 4.78 is 36.2. The van der Waals surface area contributed by atoms with E-state index in [-0.39, 0.29) is 24.6 Å². The second-order valence-electron chi connectivity index (χ2n) is 2.91. The molecular formula is C8H9F3N3O. The lowest BCUT2D eigenvalue weighted by Gasteiger charge is -1.99. The molecule has 0 bridgehead atoms. The van der Waals surface area contributed by atoms with Gasteiger partial charge in [-0.3, -0.25) is 9.89 Å². The van der Waals surface area contributed by atoms with Crippen LogP contribution in [0.15, 0.2) is 0 Å². The Labute approximate surface area is 83.9 Å². The van der Waals surface area contributed by atoms with E-state index in [1.807, 2.05) is 0 Å². The molecule has 83 valence electrons. The molecule has 0 saturated heterocycles. The van der Waals surface area contributed by atoms with Gasteiger partial charge in [-0.05, 0) is 0 Å². The van der Waals surface area contributed by atoms with Gasteiger partial charge >= 0.3 is 6.18 Å². The van der Waals surface area contributed by atoms with Crippen LogP contribution >= 0.6 is 0 Å². The summed E-state index contributed by atoms with van der Waals surface area (Å²) in [5.74, 6) is -0.231. The number of aromatic amines is 1. The van der Waals surface area contributed by atoms with Crippen molar-refractivity contribution in [3.05, 3.63) is 17.5 Å². The van der Waals surface area contributed by atoms with E-state index in [2.05, 4.69) is 21.6 Å². The van der Waals surface area contributed by atoms with Crippen LogP contribution in [-0.2, 0) is 17.4 Å². The number of alkyl halides is 3. The summed E-state index contributed by atoms with van der Waals surface area (Å²) in [7, 11) is 0. The third kappa shape index (κ3) is 3.61. The van der Waals surface area contributed by atoms with Crippen LogP contribution in [0.25, 0.3) is 0 Å². The number of hydrogen-bond acceptors (Lipinski definition) is 2. The third-order valence-electron chi connectivity index (χ3n) is 1.59. The first-order chi connectivity index (χ1) is 6.89. The van der Waals surface area contributed by atoms with Gasteiger partial charge in [-0.1, -0.05) is 0 Å². The molecule has 1 radical (unpaired) electrons. The standard InChI is InChI=1S/C8H9F3N3O/c1-5(15)12-3-2-6-4-7(14-13-6)8(9,10)11/h2-3H2,1H3,(H,12,15)(H,13,14). The fraction of sp³-hybridized carbons (Fsp3) is 0.500. The Bertz CT molecular complexity index is 345. The lowest BCUT2D eigenvalue weighted by Crippen LogP contribution is -2.22. The highest BCUT2D eigenvalue weighted by Crippen LogP contribution is 2.27. The summed E-state index contributed by atoms with van der Waals surface area (Å²) in [6.07, 6.45) is -4.24. The van der Waals surface area contributed by atoms with Gasteiger partial charge in [0.1, 0.15) is 0 Å². The average Bonchev–Trinajstić information content (AvgIpc) is 2.51. The van der Waals surface area contributed by atoms with Crippen molar-refractivity contribution >= 4 is 5.91 Å². The Morgan fingerprint density at radius 3 is 2.73 bits per heavy atom. The number of carbonyl (C=O) groups is 1. The molecule has 0 aromatic carbocycles. The first-order valence-corrected chi connectivity index (χ1v) is 4.18. The highest BCUT2D eigenvalue weighted by atomic mass is 19.4. The van der Waals surface area contributed by atoms with Gasteiger partial charge in [-0.25, -0.2) is 0 Å². The molecule has 0 atom stereocenters. The molecule has 0 unspecified atom stereocenters. The van der Waals surface area contributed by atoms with Gasteiger partial charge in [0.05, 0.1) is 0 Å². The summed E-state index contributed by atoms with van der Waals surface area (Å²) in [6.45, 7) is 1.59. The normalized spacial score (nSPS) is 11.5. The maximum Gasteiger partial charge on any atom is 0.435 e. The van der Waals surface area contributed by atoms with Crippen molar-refractivity contribution < 1.29 is 18.0 Å². The summed E-state index contributed by atoms with van der Waals surface area (Å²) in [4.78, 5) is 10.5. The van der Waals surface area contributed by atoms with Crippen LogP contribution < -0.4 is 5.32 Å². The minimum Gasteiger partial charge on any atom is -0.356 e. The number of halogens is 3. The predicted octanol–water partition coefficient (Wildman–Crippen LogP) is 0.907. The first-order valence-electron chi connectivity index (χ1n) is 4.18. The van der Waals surface area contributed by atoms with Gasteiger partial charge < -0.3 is 5.32 Å². The summed E-state index contributed by atoms with van der Waals surface area (Å²) >= 11 is 0.